The summed E-state index contributed by atoms with van der Waals surface area (Å²) in [6.07, 6.45) is 1.39. The fourth-order valence-corrected chi connectivity index (χ4v) is 2.23. The van der Waals surface area contributed by atoms with Gasteiger partial charge in [0, 0.05) is 0 Å². The van der Waals surface area contributed by atoms with Crippen molar-refractivity contribution in [1.82, 2.24) is 0 Å². The zero-order valence-electron chi connectivity index (χ0n) is 10.8. The Morgan fingerprint density at radius 2 is 2.05 bits per heavy atom. The van der Waals surface area contributed by atoms with Gasteiger partial charge in [-0.2, -0.15) is 0 Å². The van der Waals surface area contributed by atoms with Gasteiger partial charge in [-0.25, -0.2) is 0 Å². The van der Waals surface area contributed by atoms with Crippen molar-refractivity contribution in [1.29, 1.82) is 0 Å². The molecule has 0 saturated carbocycles. The van der Waals surface area contributed by atoms with Crippen LogP contribution in [0.15, 0.2) is 41.0 Å². The van der Waals surface area contributed by atoms with Gasteiger partial charge in [0.1, 0.15) is 0 Å². The Morgan fingerprint density at radius 3 is 2.75 bits per heavy atom. The summed E-state index contributed by atoms with van der Waals surface area (Å²) in [6, 6.07) is 8.27. The molecule has 100 valence electrons. The van der Waals surface area contributed by atoms with Crippen LogP contribution in [0, 0.1) is 6.92 Å². The van der Waals surface area contributed by atoms with E-state index in [1.807, 2.05) is 6.92 Å². The molecule has 1 aliphatic heterocycles. The van der Waals surface area contributed by atoms with Gasteiger partial charge in [0.05, 0.1) is 24.1 Å². The molecule has 1 aromatic heterocycles. The first-order valence-corrected chi connectivity index (χ1v) is 6.11. The number of anilines is 1. The number of furan rings is 1. The number of Topliss-reactive ketones (excluding diaryl/α,β-unsaturated/α-hetero) is 2. The van der Waals surface area contributed by atoms with Crippen molar-refractivity contribution >= 4 is 23.2 Å². The molecule has 1 amide bonds. The maximum Gasteiger partial charge on any atom is 0.299 e. The molecule has 0 radical (unpaired) electrons. The van der Waals surface area contributed by atoms with E-state index in [9.17, 15) is 14.4 Å². The van der Waals surface area contributed by atoms with Crippen LogP contribution >= 0.6 is 0 Å². The lowest BCUT2D eigenvalue weighted by atomic mass is 10.1. The van der Waals surface area contributed by atoms with Gasteiger partial charge in [-0.15, -0.1) is 0 Å². The third-order valence-electron chi connectivity index (χ3n) is 3.22. The van der Waals surface area contributed by atoms with Crippen LogP contribution in [0.25, 0.3) is 0 Å². The van der Waals surface area contributed by atoms with E-state index >= 15 is 0 Å². The van der Waals surface area contributed by atoms with Crippen LogP contribution in [0.5, 0.6) is 0 Å². The summed E-state index contributed by atoms with van der Waals surface area (Å²) >= 11 is 0. The SMILES string of the molecule is Cc1ccc2c(c1)C(=O)C(=O)N2CC(=O)c1ccco1. The van der Waals surface area contributed by atoms with Crippen molar-refractivity contribution in [3.63, 3.8) is 0 Å². The number of carbonyl (C=O) groups is 3. The van der Waals surface area contributed by atoms with Crippen LogP contribution in [0.1, 0.15) is 26.5 Å². The molecule has 20 heavy (non-hydrogen) atoms. The van der Waals surface area contributed by atoms with Gasteiger partial charge in [0.25, 0.3) is 11.7 Å². The van der Waals surface area contributed by atoms with Crippen molar-refractivity contribution in [2.24, 2.45) is 0 Å². The highest BCUT2D eigenvalue weighted by Crippen LogP contribution is 2.29. The Labute approximate surface area is 114 Å². The summed E-state index contributed by atoms with van der Waals surface area (Å²) in [7, 11) is 0. The van der Waals surface area contributed by atoms with Gasteiger partial charge < -0.3 is 4.42 Å². The smallest absolute Gasteiger partial charge is 0.299 e. The Kier molecular flexibility index (Phi) is 2.75. The average molecular weight is 269 g/mol. The highest BCUT2D eigenvalue weighted by Gasteiger charge is 2.37. The van der Waals surface area contributed by atoms with Crippen molar-refractivity contribution in [2.75, 3.05) is 11.4 Å². The molecular weight excluding hydrogens is 258 g/mol. The molecule has 3 rings (SSSR count). The number of rotatable bonds is 3. The lowest BCUT2D eigenvalue weighted by Crippen LogP contribution is -2.34. The van der Waals surface area contributed by atoms with E-state index in [0.717, 1.165) is 5.56 Å². The Hall–Kier alpha value is -2.69. The van der Waals surface area contributed by atoms with E-state index < -0.39 is 11.7 Å². The lowest BCUT2D eigenvalue weighted by molar-refractivity contribution is -0.114. The quantitative estimate of drug-likeness (QED) is 0.631. The number of fused-ring (bicyclic) bond motifs is 1. The van der Waals surface area contributed by atoms with Crippen LogP contribution in [0.2, 0.25) is 0 Å². The van der Waals surface area contributed by atoms with Gasteiger partial charge in [0.15, 0.2) is 5.76 Å². The molecular formula is C15H11NO4. The first-order chi connectivity index (χ1) is 9.58. The second kappa shape index (κ2) is 4.45. The van der Waals surface area contributed by atoms with Gasteiger partial charge in [-0.3, -0.25) is 19.3 Å². The summed E-state index contributed by atoms with van der Waals surface area (Å²) in [6.45, 7) is 1.64. The standard InChI is InChI=1S/C15H11NO4/c1-9-4-5-11-10(7-9)14(18)15(19)16(11)8-12(17)13-3-2-6-20-13/h2-7H,8H2,1H3. The normalized spacial score (nSPS) is 13.8. The molecule has 0 bridgehead atoms. The molecule has 0 unspecified atom stereocenters. The number of amides is 1. The summed E-state index contributed by atoms with van der Waals surface area (Å²) in [4.78, 5) is 37.1. The predicted molar refractivity (Wildman–Crippen MR) is 70.9 cm³/mol. The maximum atomic E-state index is 12.0. The largest absolute Gasteiger partial charge is 0.461 e. The van der Waals surface area contributed by atoms with Crippen molar-refractivity contribution in [2.45, 2.75) is 6.92 Å². The summed E-state index contributed by atoms with van der Waals surface area (Å²) in [5.74, 6) is -1.42. The second-order valence-electron chi connectivity index (χ2n) is 4.64. The molecule has 1 aromatic carbocycles. The zero-order chi connectivity index (χ0) is 14.3. The number of carbonyl (C=O) groups excluding carboxylic acids is 3. The van der Waals surface area contributed by atoms with E-state index in [1.165, 1.54) is 17.2 Å². The fourth-order valence-electron chi connectivity index (χ4n) is 2.23. The van der Waals surface area contributed by atoms with E-state index in [4.69, 9.17) is 4.42 Å². The third kappa shape index (κ3) is 1.84. The topological polar surface area (TPSA) is 67.6 Å². The Bertz CT molecular complexity index is 715. The predicted octanol–water partition coefficient (Wildman–Crippen LogP) is 2.00. The Balaban J connectivity index is 1.94. The van der Waals surface area contributed by atoms with E-state index in [0.29, 0.717) is 11.3 Å². The number of ketones is 2. The van der Waals surface area contributed by atoms with Gasteiger partial charge >= 0.3 is 0 Å². The highest BCUT2D eigenvalue weighted by atomic mass is 16.3. The van der Waals surface area contributed by atoms with Crippen molar-refractivity contribution in [3.8, 4) is 0 Å². The molecule has 0 N–H and O–H groups in total. The second-order valence-corrected chi connectivity index (χ2v) is 4.64. The molecule has 0 aliphatic carbocycles. The minimum Gasteiger partial charge on any atom is -0.461 e. The van der Waals surface area contributed by atoms with Gasteiger partial charge in [-0.05, 0) is 31.2 Å². The molecule has 2 aromatic rings. The van der Waals surface area contributed by atoms with Crippen LogP contribution in [0.4, 0.5) is 5.69 Å². The Morgan fingerprint density at radius 1 is 1.25 bits per heavy atom. The number of hydrogen-bond acceptors (Lipinski definition) is 4. The molecule has 5 heteroatoms. The molecule has 0 saturated heterocycles. The minimum atomic E-state index is -0.675. The molecule has 0 spiro atoms. The summed E-state index contributed by atoms with van der Waals surface area (Å²) in [5, 5.41) is 0. The number of benzene rings is 1. The van der Waals surface area contributed by atoms with Gasteiger partial charge in [-0.1, -0.05) is 11.6 Å². The van der Waals surface area contributed by atoms with Crippen LogP contribution in [0.3, 0.4) is 0 Å². The maximum absolute atomic E-state index is 12.0. The first-order valence-electron chi connectivity index (χ1n) is 6.11. The van der Waals surface area contributed by atoms with Gasteiger partial charge in [0.2, 0.25) is 5.78 Å². The first kappa shape index (κ1) is 12.3. The van der Waals surface area contributed by atoms with E-state index in [2.05, 4.69) is 0 Å². The lowest BCUT2D eigenvalue weighted by Gasteiger charge is -2.14. The molecule has 2 heterocycles. The monoisotopic (exact) mass is 269 g/mol. The zero-order valence-corrected chi connectivity index (χ0v) is 10.8. The van der Waals surface area contributed by atoms with E-state index in [1.54, 1.807) is 24.3 Å². The van der Waals surface area contributed by atoms with Crippen molar-refractivity contribution < 1.29 is 18.8 Å². The fraction of sp³-hybridized carbons (Fsp3) is 0.133. The third-order valence-corrected chi connectivity index (χ3v) is 3.22. The van der Waals surface area contributed by atoms with Crippen LogP contribution in [-0.4, -0.2) is 24.0 Å². The van der Waals surface area contributed by atoms with Crippen LogP contribution in [-0.2, 0) is 4.79 Å². The van der Waals surface area contributed by atoms with Crippen molar-refractivity contribution in [3.05, 3.63) is 53.5 Å². The minimum absolute atomic E-state index is 0.172. The highest BCUT2D eigenvalue weighted by molar-refractivity contribution is 6.52. The molecule has 0 fully saturated rings. The molecule has 1 aliphatic rings. The van der Waals surface area contributed by atoms with E-state index in [-0.39, 0.29) is 18.1 Å². The summed E-state index contributed by atoms with van der Waals surface area (Å²) < 4.78 is 5.00. The van der Waals surface area contributed by atoms with Crippen LogP contribution < -0.4 is 4.90 Å². The number of nitrogens with zero attached hydrogens (tertiary/aromatic N) is 1. The number of aryl methyl sites for hydroxylation is 1. The molecule has 5 nitrogen and oxygen atoms in total. The number of hydrogen-bond donors (Lipinski definition) is 0. The average Bonchev–Trinajstić information content (AvgIpc) is 3.03. The molecule has 0 atom stereocenters. The summed E-state index contributed by atoms with van der Waals surface area (Å²) in [5.41, 5.74) is 1.72.